The van der Waals surface area contributed by atoms with E-state index < -0.39 is 41.5 Å². The number of carbonyl (C=O) groups is 4. The zero-order chi connectivity index (χ0) is 33.4. The van der Waals surface area contributed by atoms with Crippen LogP contribution in [-0.4, -0.2) is 103 Å². The molecule has 3 N–H and O–H groups in total. The number of benzene rings is 1. The minimum absolute atomic E-state index is 0.0206. The van der Waals surface area contributed by atoms with E-state index in [9.17, 15) is 19.2 Å². The summed E-state index contributed by atoms with van der Waals surface area (Å²) < 4.78 is 25.3. The molecule has 3 atom stereocenters. The summed E-state index contributed by atoms with van der Waals surface area (Å²) >= 11 is 0. The lowest BCUT2D eigenvalue weighted by atomic mass is 9.79. The predicted molar refractivity (Wildman–Crippen MR) is 167 cm³/mol. The van der Waals surface area contributed by atoms with Crippen molar-refractivity contribution in [2.24, 2.45) is 11.8 Å². The molecular weight excluding hydrogens is 597 g/mol. The fourth-order valence-electron chi connectivity index (χ4n) is 6.13. The van der Waals surface area contributed by atoms with Crippen LogP contribution in [0.15, 0.2) is 22.8 Å². The molecule has 1 aromatic heterocycles. The topological polar surface area (TPSA) is 159 Å². The smallest absolute Gasteiger partial charge is 0.276 e. The monoisotopic (exact) mass is 643 g/mol. The lowest BCUT2D eigenvalue weighted by Gasteiger charge is -2.36. The van der Waals surface area contributed by atoms with Crippen LogP contribution in [0.2, 0.25) is 0 Å². The third-order valence-corrected chi connectivity index (χ3v) is 9.16. The highest BCUT2D eigenvalue weighted by Crippen LogP contribution is 2.32. The summed E-state index contributed by atoms with van der Waals surface area (Å²) in [7, 11) is 3.37. The number of amides is 4. The van der Waals surface area contributed by atoms with E-state index in [1.54, 1.807) is 17.9 Å². The van der Waals surface area contributed by atoms with Crippen LogP contribution in [0, 0.1) is 17.7 Å². The molecule has 2 fully saturated rings. The van der Waals surface area contributed by atoms with Crippen LogP contribution in [0.25, 0.3) is 0 Å². The molecule has 0 unspecified atom stereocenters. The van der Waals surface area contributed by atoms with Crippen molar-refractivity contribution in [3.05, 3.63) is 41.0 Å². The van der Waals surface area contributed by atoms with Crippen molar-refractivity contribution in [3.63, 3.8) is 0 Å². The maximum absolute atomic E-state index is 15.6. The molecule has 14 heteroatoms. The molecule has 2 heterocycles. The minimum atomic E-state index is -0.946. The highest BCUT2D eigenvalue weighted by atomic mass is 19.1. The number of halogens is 1. The Kier molecular flexibility index (Phi) is 12.2. The maximum atomic E-state index is 15.6. The first-order chi connectivity index (χ1) is 22.0. The molecule has 4 rings (SSSR count). The average Bonchev–Trinajstić information content (AvgIpc) is 3.53. The summed E-state index contributed by atoms with van der Waals surface area (Å²) in [6.45, 7) is 7.94. The van der Waals surface area contributed by atoms with E-state index in [0.29, 0.717) is 49.8 Å². The molecule has 0 spiro atoms. The van der Waals surface area contributed by atoms with Crippen LogP contribution in [0.5, 0.6) is 0 Å². The van der Waals surface area contributed by atoms with E-state index in [1.807, 2.05) is 14.0 Å². The zero-order valence-electron chi connectivity index (χ0n) is 27.3. The Labute approximate surface area is 268 Å². The van der Waals surface area contributed by atoms with Crippen molar-refractivity contribution in [2.75, 3.05) is 52.3 Å². The number of piperazine rings is 1. The van der Waals surface area contributed by atoms with Crippen molar-refractivity contribution >= 4 is 29.3 Å². The Balaban J connectivity index is 1.52. The molecule has 1 aliphatic carbocycles. The van der Waals surface area contributed by atoms with Gasteiger partial charge in [-0.1, -0.05) is 44.8 Å². The molecule has 1 saturated heterocycles. The van der Waals surface area contributed by atoms with Crippen LogP contribution < -0.4 is 16.0 Å². The number of hydrogen-bond acceptors (Lipinski definition) is 9. The van der Waals surface area contributed by atoms with E-state index >= 15 is 4.39 Å². The molecule has 2 aromatic rings. The summed E-state index contributed by atoms with van der Waals surface area (Å²) in [4.78, 5) is 56.6. The van der Waals surface area contributed by atoms with Crippen molar-refractivity contribution in [3.8, 4) is 0 Å². The molecule has 4 amide bonds. The normalized spacial score (nSPS) is 20.8. The number of methoxy groups -OCH3 is 1. The SMILES string of the molecule is CCc1nonc1C(=O)N[C@H](C(=O)Nc1ccc([C@H](C)[C@@H](NC(=O)COC)C(=O)N2CCN(C)CC2)cc1F)C1CCC(C)CC1. The first-order valence-corrected chi connectivity index (χ1v) is 16.0. The molecule has 2 aliphatic rings. The van der Waals surface area contributed by atoms with Crippen LogP contribution in [-0.2, 0) is 25.5 Å². The third-order valence-electron chi connectivity index (χ3n) is 9.16. The van der Waals surface area contributed by atoms with E-state index in [4.69, 9.17) is 9.37 Å². The van der Waals surface area contributed by atoms with Gasteiger partial charge >= 0.3 is 0 Å². The average molecular weight is 644 g/mol. The second-order valence-corrected chi connectivity index (χ2v) is 12.5. The van der Waals surface area contributed by atoms with E-state index in [0.717, 1.165) is 25.7 Å². The van der Waals surface area contributed by atoms with Gasteiger partial charge in [0.1, 0.15) is 30.2 Å². The number of rotatable bonds is 12. The highest BCUT2D eigenvalue weighted by molar-refractivity contribution is 6.01. The lowest BCUT2D eigenvalue weighted by Crippen LogP contribution is -2.56. The van der Waals surface area contributed by atoms with Crippen molar-refractivity contribution < 1.29 is 32.9 Å². The highest BCUT2D eigenvalue weighted by Gasteiger charge is 2.36. The van der Waals surface area contributed by atoms with Gasteiger partial charge in [0.15, 0.2) is 5.69 Å². The van der Waals surface area contributed by atoms with Gasteiger partial charge in [0, 0.05) is 39.2 Å². The van der Waals surface area contributed by atoms with Crippen molar-refractivity contribution in [1.29, 1.82) is 0 Å². The van der Waals surface area contributed by atoms with E-state index in [2.05, 4.69) is 38.1 Å². The van der Waals surface area contributed by atoms with Crippen LogP contribution in [0.3, 0.4) is 0 Å². The molecular formula is C32H46FN7O6. The fourth-order valence-corrected chi connectivity index (χ4v) is 6.13. The van der Waals surface area contributed by atoms with Gasteiger partial charge in [0.25, 0.3) is 5.91 Å². The van der Waals surface area contributed by atoms with Gasteiger partial charge in [-0.25, -0.2) is 9.02 Å². The first kappa shape index (κ1) is 35.0. The number of aromatic nitrogens is 2. The van der Waals surface area contributed by atoms with Crippen LogP contribution >= 0.6 is 0 Å². The van der Waals surface area contributed by atoms with Gasteiger partial charge in [0.05, 0.1) is 5.69 Å². The number of ether oxygens (including phenoxy) is 1. The van der Waals surface area contributed by atoms with Gasteiger partial charge in [-0.2, -0.15) is 0 Å². The molecule has 46 heavy (non-hydrogen) atoms. The Morgan fingerprint density at radius 3 is 2.39 bits per heavy atom. The van der Waals surface area contributed by atoms with Gasteiger partial charge in [0.2, 0.25) is 17.7 Å². The van der Waals surface area contributed by atoms with Crippen LogP contribution in [0.4, 0.5) is 10.1 Å². The minimum Gasteiger partial charge on any atom is -0.375 e. The van der Waals surface area contributed by atoms with Gasteiger partial charge < -0.3 is 30.5 Å². The lowest BCUT2D eigenvalue weighted by molar-refractivity contribution is -0.139. The molecule has 1 aromatic carbocycles. The predicted octanol–water partition coefficient (Wildman–Crippen LogP) is 2.34. The maximum Gasteiger partial charge on any atom is 0.276 e. The molecule has 0 bridgehead atoms. The molecule has 1 aliphatic heterocycles. The second kappa shape index (κ2) is 16.1. The number of anilines is 1. The van der Waals surface area contributed by atoms with Crippen molar-refractivity contribution in [2.45, 2.75) is 70.9 Å². The van der Waals surface area contributed by atoms with Crippen LogP contribution in [0.1, 0.15) is 74.1 Å². The number of nitrogens with one attached hydrogen (secondary N) is 3. The Morgan fingerprint density at radius 2 is 1.76 bits per heavy atom. The molecule has 0 radical (unpaired) electrons. The van der Waals surface area contributed by atoms with Gasteiger partial charge in [-0.15, -0.1) is 0 Å². The number of hydrogen-bond donors (Lipinski definition) is 3. The summed E-state index contributed by atoms with van der Waals surface area (Å²) in [5.74, 6) is -2.76. The molecule has 13 nitrogen and oxygen atoms in total. The standard InChI is InChI=1S/C32H46FN7O6/c1-6-24-29(38-46-37-24)31(43)36-28(21-9-7-19(2)8-10-21)30(42)34-25-12-11-22(17-23(25)33)20(3)27(35-26(41)18-45-5)32(44)40-15-13-39(4)14-16-40/h11-12,17,19-21,27-28H,6-10,13-16,18H2,1-5H3,(H,34,42)(H,35,41)(H,36,43)/t19?,20-,21?,27+,28-/m0/s1. The number of carbonyl (C=O) groups excluding carboxylic acids is 4. The Bertz CT molecular complexity index is 1370. The number of aryl methyl sites for hydroxylation is 1. The largest absolute Gasteiger partial charge is 0.375 e. The second-order valence-electron chi connectivity index (χ2n) is 12.5. The van der Waals surface area contributed by atoms with E-state index in [-0.39, 0.29) is 29.8 Å². The quantitative estimate of drug-likeness (QED) is 0.316. The summed E-state index contributed by atoms with van der Waals surface area (Å²) in [5.41, 5.74) is 0.810. The van der Waals surface area contributed by atoms with Gasteiger partial charge in [-0.3, -0.25) is 19.2 Å². The Hall–Kier alpha value is -3.91. The summed E-state index contributed by atoms with van der Waals surface area (Å²) in [6.07, 6.45) is 3.71. The number of nitrogens with zero attached hydrogens (tertiary/aromatic N) is 4. The third kappa shape index (κ3) is 8.66. The molecule has 1 saturated carbocycles. The summed E-state index contributed by atoms with van der Waals surface area (Å²) in [6, 6.07) is 2.45. The first-order valence-electron chi connectivity index (χ1n) is 16.0. The van der Waals surface area contributed by atoms with Gasteiger partial charge in [-0.05, 0) is 61.0 Å². The van der Waals surface area contributed by atoms with E-state index in [1.165, 1.54) is 19.2 Å². The van der Waals surface area contributed by atoms with Crippen molar-refractivity contribution in [1.82, 2.24) is 30.7 Å². The Morgan fingerprint density at radius 1 is 1.07 bits per heavy atom. The fraction of sp³-hybridized carbons (Fsp3) is 0.625. The zero-order valence-corrected chi connectivity index (χ0v) is 27.3. The summed E-state index contributed by atoms with van der Waals surface area (Å²) in [5, 5.41) is 15.7. The number of likely N-dealkylation sites (N-methyl/N-ethyl adjacent to an activating group) is 1. The molecule has 252 valence electrons.